The lowest BCUT2D eigenvalue weighted by atomic mass is 10.2. The normalized spacial score (nSPS) is 14.9. The smallest absolute Gasteiger partial charge is 0.164 e. The third-order valence-corrected chi connectivity index (χ3v) is 5.44. The third-order valence-electron chi connectivity index (χ3n) is 5.44. The van der Waals surface area contributed by atoms with Crippen LogP contribution in [0.4, 0.5) is 23.3 Å². The summed E-state index contributed by atoms with van der Waals surface area (Å²) in [5, 5.41) is 12.9. The molecule has 9 heteroatoms. The molecule has 0 radical (unpaired) electrons. The lowest BCUT2D eigenvalue weighted by molar-refractivity contribution is 0.953. The molecule has 7 heterocycles. The molecular weight excluding hydrogens is 414 g/mol. The summed E-state index contributed by atoms with van der Waals surface area (Å²) in [6.45, 7) is 0. The molecular formula is C24H15N9. The fraction of sp³-hybridized carbons (Fsp3) is 0. The van der Waals surface area contributed by atoms with Gasteiger partial charge in [-0.15, -0.1) is 0 Å². The minimum Gasteiger partial charge on any atom is -0.328 e. The van der Waals surface area contributed by atoms with E-state index >= 15 is 0 Å². The average molecular weight is 429 g/mol. The van der Waals surface area contributed by atoms with Gasteiger partial charge in [0.05, 0.1) is 0 Å². The number of rotatable bonds is 0. The number of hydrogen-bond acceptors (Lipinski definition) is 9. The van der Waals surface area contributed by atoms with Crippen LogP contribution < -0.4 is 37.4 Å². The van der Waals surface area contributed by atoms with Gasteiger partial charge < -0.3 is 16.0 Å². The Labute approximate surface area is 186 Å². The molecule has 0 unspecified atom stereocenters. The molecule has 33 heavy (non-hydrogen) atoms. The second kappa shape index (κ2) is 6.79. The van der Waals surface area contributed by atoms with Crippen molar-refractivity contribution in [2.24, 2.45) is 9.98 Å². The standard InChI is InChI=1S/C24H15N9/c1-7-16-25-18-9-3-14-5-11-20(32-23(14)30-18)27-21-12-6-15-4-10-19(31-24(15)33-21)26-17-8-2-13(1)22(28-16)29-17/h1-12H,(H3,25,26,27,28,29,30,31,32,33). The molecule has 0 aliphatic carbocycles. The van der Waals surface area contributed by atoms with E-state index in [2.05, 4.69) is 45.9 Å². The van der Waals surface area contributed by atoms with Crippen LogP contribution in [-0.4, -0.2) is 19.9 Å². The van der Waals surface area contributed by atoms with Crippen LogP contribution in [0, 0.1) is 0 Å². The van der Waals surface area contributed by atoms with Crippen LogP contribution in [-0.2, 0) is 0 Å². The average Bonchev–Trinajstić information content (AvgIpc) is 2.83. The van der Waals surface area contributed by atoms with Crippen LogP contribution in [0.1, 0.15) is 0 Å². The van der Waals surface area contributed by atoms with Gasteiger partial charge in [0.15, 0.2) is 28.3 Å². The first kappa shape index (κ1) is 17.7. The van der Waals surface area contributed by atoms with Crippen molar-refractivity contribution < 1.29 is 0 Å². The van der Waals surface area contributed by atoms with Crippen molar-refractivity contribution in [3.05, 3.63) is 93.7 Å². The summed E-state index contributed by atoms with van der Waals surface area (Å²) in [5.41, 5.74) is 1.67. The number of hydrogen-bond donors (Lipinski definition) is 3. The Bertz CT molecular complexity index is 1670. The van der Waals surface area contributed by atoms with Crippen LogP contribution in [0.15, 0.2) is 82.3 Å². The molecule has 0 atom stereocenters. The molecule has 4 aromatic heterocycles. The van der Waals surface area contributed by atoms with Gasteiger partial charge in [0.2, 0.25) is 0 Å². The highest BCUT2D eigenvalue weighted by molar-refractivity contribution is 5.77. The quantitative estimate of drug-likeness (QED) is 0.383. The van der Waals surface area contributed by atoms with Gasteiger partial charge >= 0.3 is 0 Å². The predicted molar refractivity (Wildman–Crippen MR) is 124 cm³/mol. The van der Waals surface area contributed by atoms with Gasteiger partial charge in [-0.25, -0.2) is 29.9 Å². The van der Waals surface area contributed by atoms with Gasteiger partial charge in [0.1, 0.15) is 23.3 Å². The number of allylic oxidation sites excluding steroid dienone is 2. The van der Waals surface area contributed by atoms with Crippen molar-refractivity contribution >= 4 is 46.5 Å². The number of nitrogens with zero attached hydrogens (tertiary/aromatic N) is 6. The van der Waals surface area contributed by atoms with Crippen molar-refractivity contribution in [1.82, 2.24) is 25.3 Å². The molecule has 3 N–H and O–H groups in total. The van der Waals surface area contributed by atoms with E-state index in [9.17, 15) is 0 Å². The summed E-state index contributed by atoms with van der Waals surface area (Å²) in [6, 6.07) is 15.3. The topological polar surface area (TPSA) is 112 Å². The summed E-state index contributed by atoms with van der Waals surface area (Å²) in [7, 11) is 0. The Morgan fingerprint density at radius 2 is 1.03 bits per heavy atom. The summed E-state index contributed by atoms with van der Waals surface area (Å²) in [5.74, 6) is 4.04. The lowest BCUT2D eigenvalue weighted by Gasteiger charge is -2.20. The molecule has 4 aromatic rings. The van der Waals surface area contributed by atoms with Crippen LogP contribution in [0.25, 0.3) is 23.2 Å². The molecule has 0 saturated carbocycles. The maximum absolute atomic E-state index is 4.67. The molecule has 7 rings (SSSR count). The largest absolute Gasteiger partial charge is 0.328 e. The van der Waals surface area contributed by atoms with Gasteiger partial charge in [0.25, 0.3) is 0 Å². The first-order chi connectivity index (χ1) is 16.2. The number of nitrogens with one attached hydrogen (secondary N) is 3. The predicted octanol–water partition coefficient (Wildman–Crippen LogP) is 1.02. The SMILES string of the molecule is C1=C2NC3=CC=c4ccc(nc4N3)=Nc3ccc4ccc(nc4n3)N=c3ccc(c(n3)N2)=C1. The van der Waals surface area contributed by atoms with Gasteiger partial charge in [-0.3, -0.25) is 0 Å². The molecule has 9 nitrogen and oxygen atoms in total. The zero-order valence-corrected chi connectivity index (χ0v) is 17.1. The van der Waals surface area contributed by atoms with Crippen LogP contribution in [0.2, 0.25) is 0 Å². The fourth-order valence-corrected chi connectivity index (χ4v) is 3.83. The first-order valence-electron chi connectivity index (χ1n) is 10.4. The summed E-state index contributed by atoms with van der Waals surface area (Å²) < 4.78 is 0. The van der Waals surface area contributed by atoms with Gasteiger partial charge in [-0.2, -0.15) is 0 Å². The Kier molecular flexibility index (Phi) is 3.65. The van der Waals surface area contributed by atoms with Crippen molar-refractivity contribution in [2.45, 2.75) is 0 Å². The minimum atomic E-state index is 0.526. The highest BCUT2D eigenvalue weighted by atomic mass is 15.2. The Balaban J connectivity index is 1.48. The number of aromatic nitrogens is 4. The van der Waals surface area contributed by atoms with Crippen LogP contribution in [0.5, 0.6) is 0 Å². The summed E-state index contributed by atoms with van der Waals surface area (Å²) in [4.78, 5) is 27.7. The van der Waals surface area contributed by atoms with E-state index in [4.69, 9.17) is 0 Å². The second-order valence-electron chi connectivity index (χ2n) is 7.69. The molecule has 0 fully saturated rings. The number of fused-ring (bicyclic) bond motifs is 6. The van der Waals surface area contributed by atoms with E-state index in [1.54, 1.807) is 0 Å². The molecule has 0 saturated heterocycles. The molecule has 0 amide bonds. The van der Waals surface area contributed by atoms with Crippen molar-refractivity contribution in [3.63, 3.8) is 0 Å². The summed E-state index contributed by atoms with van der Waals surface area (Å²) in [6.07, 6.45) is 7.92. The highest BCUT2D eigenvalue weighted by Gasteiger charge is 2.11. The van der Waals surface area contributed by atoms with E-state index in [-0.39, 0.29) is 0 Å². The van der Waals surface area contributed by atoms with Gasteiger partial charge in [0, 0.05) is 15.8 Å². The van der Waals surface area contributed by atoms with Crippen LogP contribution >= 0.6 is 0 Å². The fourth-order valence-electron chi connectivity index (χ4n) is 3.83. The van der Waals surface area contributed by atoms with Gasteiger partial charge in [-0.05, 0) is 72.8 Å². The molecule has 9 bridgehead atoms. The van der Waals surface area contributed by atoms with E-state index < -0.39 is 0 Å². The van der Waals surface area contributed by atoms with Crippen LogP contribution in [0.3, 0.4) is 0 Å². The zero-order valence-electron chi connectivity index (χ0n) is 17.1. The summed E-state index contributed by atoms with van der Waals surface area (Å²) >= 11 is 0. The van der Waals surface area contributed by atoms with Crippen molar-refractivity contribution in [1.29, 1.82) is 0 Å². The molecule has 156 valence electrons. The maximum Gasteiger partial charge on any atom is 0.164 e. The number of anilines is 2. The molecule has 3 aliphatic rings. The van der Waals surface area contributed by atoms with E-state index in [0.717, 1.165) is 27.5 Å². The van der Waals surface area contributed by atoms with Crippen molar-refractivity contribution in [3.8, 4) is 0 Å². The van der Waals surface area contributed by atoms with E-state index in [0.29, 0.717) is 39.9 Å². The first-order valence-corrected chi connectivity index (χ1v) is 10.4. The van der Waals surface area contributed by atoms with Gasteiger partial charge in [-0.1, -0.05) is 0 Å². The minimum absolute atomic E-state index is 0.526. The highest BCUT2D eigenvalue weighted by Crippen LogP contribution is 2.18. The van der Waals surface area contributed by atoms with E-state index in [1.807, 2.05) is 72.8 Å². The van der Waals surface area contributed by atoms with Crippen molar-refractivity contribution in [2.75, 3.05) is 10.6 Å². The Morgan fingerprint density at radius 1 is 0.485 bits per heavy atom. The van der Waals surface area contributed by atoms with E-state index in [1.165, 1.54) is 0 Å². The zero-order chi connectivity index (χ0) is 21.8. The number of pyridine rings is 4. The molecule has 0 spiro atoms. The third kappa shape index (κ3) is 3.19. The Morgan fingerprint density at radius 3 is 1.58 bits per heavy atom. The monoisotopic (exact) mass is 429 g/mol. The maximum atomic E-state index is 4.67. The lowest BCUT2D eigenvalue weighted by Crippen LogP contribution is -2.32. The Hall–Kier alpha value is -4.92. The molecule has 3 aliphatic heterocycles. The second-order valence-corrected chi connectivity index (χ2v) is 7.69. The molecule has 0 aromatic carbocycles.